The molecule has 1 saturated carbocycles. The zero-order chi connectivity index (χ0) is 21.1. The molecule has 2 aromatic carbocycles. The van der Waals surface area contributed by atoms with E-state index in [0.717, 1.165) is 29.0 Å². The summed E-state index contributed by atoms with van der Waals surface area (Å²) in [6, 6.07) is 12.9. The van der Waals surface area contributed by atoms with Gasteiger partial charge in [-0.15, -0.1) is 0 Å². The van der Waals surface area contributed by atoms with Crippen LogP contribution in [0.2, 0.25) is 0 Å². The summed E-state index contributed by atoms with van der Waals surface area (Å²) in [5.41, 5.74) is 5.86. The molecule has 0 spiro atoms. The second kappa shape index (κ2) is 8.95. The molecule has 4 rings (SSSR count). The zero-order valence-corrected chi connectivity index (χ0v) is 18.2. The number of aryl methyl sites for hydroxylation is 3. The molecule has 158 valence electrons. The highest BCUT2D eigenvalue weighted by molar-refractivity contribution is 5.89. The Morgan fingerprint density at radius 3 is 2.70 bits per heavy atom. The summed E-state index contributed by atoms with van der Waals surface area (Å²) in [6.45, 7) is 2.93. The number of benzene rings is 2. The van der Waals surface area contributed by atoms with Gasteiger partial charge in [-0.2, -0.15) is 0 Å². The molecule has 0 saturated heterocycles. The number of methoxy groups -OCH3 is 1. The maximum Gasteiger partial charge on any atom is 0.305 e. The summed E-state index contributed by atoms with van der Waals surface area (Å²) in [5.74, 6) is 1.41. The Morgan fingerprint density at radius 2 is 1.93 bits per heavy atom. The fourth-order valence-corrected chi connectivity index (χ4v) is 4.57. The van der Waals surface area contributed by atoms with E-state index in [1.165, 1.54) is 49.3 Å². The van der Waals surface area contributed by atoms with Crippen LogP contribution in [-0.4, -0.2) is 24.3 Å². The summed E-state index contributed by atoms with van der Waals surface area (Å²) >= 11 is 0. The van der Waals surface area contributed by atoms with E-state index in [4.69, 9.17) is 9.47 Å². The molecule has 1 aliphatic carbocycles. The van der Waals surface area contributed by atoms with Gasteiger partial charge in [0.15, 0.2) is 0 Å². The number of ether oxygens (including phenoxy) is 2. The summed E-state index contributed by atoms with van der Waals surface area (Å²) in [4.78, 5) is 11.6. The smallest absolute Gasteiger partial charge is 0.305 e. The fraction of sp³-hybridized carbons (Fsp3) is 0.423. The van der Waals surface area contributed by atoms with Crippen molar-refractivity contribution in [2.24, 2.45) is 13.0 Å². The molecule has 4 nitrogen and oxygen atoms in total. The van der Waals surface area contributed by atoms with Crippen molar-refractivity contribution in [3.63, 3.8) is 0 Å². The zero-order valence-electron chi connectivity index (χ0n) is 18.2. The third kappa shape index (κ3) is 4.38. The van der Waals surface area contributed by atoms with Crippen molar-refractivity contribution >= 4 is 16.9 Å². The van der Waals surface area contributed by atoms with E-state index in [2.05, 4.69) is 61.1 Å². The lowest BCUT2D eigenvalue weighted by Crippen LogP contribution is -2.09. The number of rotatable bonds is 7. The van der Waals surface area contributed by atoms with Crippen LogP contribution in [0.25, 0.3) is 22.0 Å². The first-order valence-electron chi connectivity index (χ1n) is 10.9. The number of aromatic nitrogens is 1. The van der Waals surface area contributed by atoms with E-state index in [9.17, 15) is 4.79 Å². The van der Waals surface area contributed by atoms with Crippen LogP contribution in [0.3, 0.4) is 0 Å². The van der Waals surface area contributed by atoms with E-state index in [-0.39, 0.29) is 5.97 Å². The van der Waals surface area contributed by atoms with Crippen molar-refractivity contribution in [1.29, 1.82) is 0 Å². The topological polar surface area (TPSA) is 40.5 Å². The minimum absolute atomic E-state index is 0.181. The minimum Gasteiger partial charge on any atom is -0.493 e. The van der Waals surface area contributed by atoms with Gasteiger partial charge in [0.1, 0.15) is 5.75 Å². The Labute approximate surface area is 178 Å². The van der Waals surface area contributed by atoms with Crippen LogP contribution in [0.5, 0.6) is 5.75 Å². The third-order valence-corrected chi connectivity index (χ3v) is 6.34. The van der Waals surface area contributed by atoms with Gasteiger partial charge in [0.05, 0.1) is 13.7 Å². The van der Waals surface area contributed by atoms with E-state index < -0.39 is 0 Å². The number of hydrogen-bond donors (Lipinski definition) is 0. The molecule has 1 heterocycles. The van der Waals surface area contributed by atoms with E-state index in [1.807, 2.05) is 0 Å². The van der Waals surface area contributed by atoms with Gasteiger partial charge in [0.25, 0.3) is 0 Å². The molecule has 4 heteroatoms. The van der Waals surface area contributed by atoms with E-state index >= 15 is 0 Å². The first-order valence-corrected chi connectivity index (χ1v) is 10.9. The highest BCUT2D eigenvalue weighted by Crippen LogP contribution is 2.35. The Kier molecular flexibility index (Phi) is 6.12. The SMILES string of the molecule is COC(=O)CCc1ccc(OCC2CCCC2)c(-c2ccc3c(c2)c(C)cn3C)c1. The van der Waals surface area contributed by atoms with E-state index in [0.29, 0.717) is 18.8 Å². The molecular weight excluding hydrogens is 374 g/mol. The lowest BCUT2D eigenvalue weighted by Gasteiger charge is -2.16. The lowest BCUT2D eigenvalue weighted by molar-refractivity contribution is -0.140. The highest BCUT2D eigenvalue weighted by atomic mass is 16.5. The Balaban J connectivity index is 1.67. The van der Waals surface area contributed by atoms with Crippen molar-refractivity contribution in [2.45, 2.75) is 45.4 Å². The minimum atomic E-state index is -0.181. The second-order valence-corrected chi connectivity index (χ2v) is 8.52. The first kappa shape index (κ1) is 20.5. The normalized spacial score (nSPS) is 14.4. The molecular formula is C26H31NO3. The van der Waals surface area contributed by atoms with Gasteiger partial charge in [-0.25, -0.2) is 0 Å². The van der Waals surface area contributed by atoms with Crippen LogP contribution in [0, 0.1) is 12.8 Å². The average molecular weight is 406 g/mol. The molecule has 0 bridgehead atoms. The maximum absolute atomic E-state index is 11.6. The number of carbonyl (C=O) groups is 1. The highest BCUT2D eigenvalue weighted by Gasteiger charge is 2.17. The van der Waals surface area contributed by atoms with Crippen molar-refractivity contribution in [2.75, 3.05) is 13.7 Å². The van der Waals surface area contributed by atoms with Crippen LogP contribution in [-0.2, 0) is 23.0 Å². The molecule has 0 N–H and O–H groups in total. The Hall–Kier alpha value is -2.75. The molecule has 0 aliphatic heterocycles. The van der Waals surface area contributed by atoms with Gasteiger partial charge >= 0.3 is 5.97 Å². The Morgan fingerprint density at radius 1 is 1.13 bits per heavy atom. The molecule has 0 atom stereocenters. The predicted octanol–water partition coefficient (Wildman–Crippen LogP) is 5.83. The predicted molar refractivity (Wildman–Crippen MR) is 121 cm³/mol. The van der Waals surface area contributed by atoms with Crippen LogP contribution >= 0.6 is 0 Å². The lowest BCUT2D eigenvalue weighted by atomic mass is 9.98. The van der Waals surface area contributed by atoms with Crippen molar-refractivity contribution in [1.82, 2.24) is 4.57 Å². The average Bonchev–Trinajstić information content (AvgIpc) is 3.38. The largest absolute Gasteiger partial charge is 0.493 e. The molecule has 1 aromatic heterocycles. The third-order valence-electron chi connectivity index (χ3n) is 6.34. The fourth-order valence-electron chi connectivity index (χ4n) is 4.57. The van der Waals surface area contributed by atoms with Gasteiger partial charge in [0, 0.05) is 36.1 Å². The molecule has 30 heavy (non-hydrogen) atoms. The number of hydrogen-bond acceptors (Lipinski definition) is 3. The van der Waals surface area contributed by atoms with Gasteiger partial charge in [0.2, 0.25) is 0 Å². The summed E-state index contributed by atoms with van der Waals surface area (Å²) in [7, 11) is 3.52. The first-order chi connectivity index (χ1) is 14.5. The number of nitrogens with zero attached hydrogens (tertiary/aromatic N) is 1. The second-order valence-electron chi connectivity index (χ2n) is 8.52. The van der Waals surface area contributed by atoms with Crippen LogP contribution < -0.4 is 4.74 Å². The summed E-state index contributed by atoms with van der Waals surface area (Å²) < 4.78 is 13.3. The van der Waals surface area contributed by atoms with Crippen LogP contribution in [0.15, 0.2) is 42.6 Å². The molecule has 1 aliphatic rings. The molecule has 0 amide bonds. The number of esters is 1. The van der Waals surface area contributed by atoms with Gasteiger partial charge in [-0.1, -0.05) is 25.0 Å². The maximum atomic E-state index is 11.6. The van der Waals surface area contributed by atoms with Gasteiger partial charge in [-0.05, 0) is 73.1 Å². The standard InChI is InChI=1S/C26H31NO3/c1-18-16-27(2)24-11-10-21(15-22(18)24)23-14-19(9-13-26(28)29-3)8-12-25(23)30-17-20-6-4-5-7-20/h8,10-12,14-16,20H,4-7,9,13,17H2,1-3H3. The monoisotopic (exact) mass is 405 g/mol. The molecule has 1 fully saturated rings. The van der Waals surface area contributed by atoms with E-state index in [1.54, 1.807) is 0 Å². The Bertz CT molecular complexity index is 1040. The van der Waals surface area contributed by atoms with Crippen LogP contribution in [0.1, 0.15) is 43.2 Å². The number of carbonyl (C=O) groups excluding carboxylic acids is 1. The van der Waals surface area contributed by atoms with Crippen molar-refractivity contribution in [3.05, 3.63) is 53.7 Å². The van der Waals surface area contributed by atoms with Gasteiger partial charge < -0.3 is 14.0 Å². The quantitative estimate of drug-likeness (QED) is 0.465. The summed E-state index contributed by atoms with van der Waals surface area (Å²) in [5, 5.41) is 1.26. The van der Waals surface area contributed by atoms with Crippen molar-refractivity contribution < 1.29 is 14.3 Å². The number of fused-ring (bicyclic) bond motifs is 1. The molecule has 3 aromatic rings. The molecule has 0 radical (unpaired) electrons. The molecule has 0 unspecified atom stereocenters. The van der Waals surface area contributed by atoms with Crippen molar-refractivity contribution in [3.8, 4) is 16.9 Å². The van der Waals surface area contributed by atoms with Gasteiger partial charge in [-0.3, -0.25) is 4.79 Å². The van der Waals surface area contributed by atoms with Crippen LogP contribution in [0.4, 0.5) is 0 Å². The summed E-state index contributed by atoms with van der Waals surface area (Å²) in [6.07, 6.45) is 8.38.